The van der Waals surface area contributed by atoms with Gasteiger partial charge in [0.15, 0.2) is 0 Å². The van der Waals surface area contributed by atoms with Gasteiger partial charge in [-0.25, -0.2) is 4.39 Å². The Morgan fingerprint density at radius 3 is 2.62 bits per heavy atom. The molecule has 1 N–H and O–H groups in total. The first-order chi connectivity index (χ1) is 16.6. The number of carbonyl (C=O) groups is 1. The summed E-state index contributed by atoms with van der Waals surface area (Å²) in [6, 6.07) is 22.3. The maximum atomic E-state index is 14.4. The van der Waals surface area contributed by atoms with Crippen LogP contribution >= 0.6 is 11.6 Å². The Morgan fingerprint density at radius 2 is 1.79 bits per heavy atom. The molecule has 1 aliphatic heterocycles. The number of halogens is 2. The topological polar surface area (TPSA) is 38.3 Å². The lowest BCUT2D eigenvalue weighted by Crippen LogP contribution is -2.51. The van der Waals surface area contributed by atoms with Gasteiger partial charge < -0.3 is 10.1 Å². The van der Waals surface area contributed by atoms with Crippen LogP contribution in [0.5, 0.6) is 0 Å². The predicted molar refractivity (Wildman–Crippen MR) is 133 cm³/mol. The lowest BCUT2D eigenvalue weighted by Gasteiger charge is -2.45. The highest BCUT2D eigenvalue weighted by Gasteiger charge is 2.41. The van der Waals surface area contributed by atoms with Crippen LogP contribution in [0.15, 0.2) is 72.8 Å². The highest BCUT2D eigenvalue weighted by Crippen LogP contribution is 2.42. The van der Waals surface area contributed by atoms with E-state index in [2.05, 4.69) is 5.32 Å². The molecule has 3 aromatic rings. The van der Waals surface area contributed by atoms with E-state index < -0.39 is 0 Å². The van der Waals surface area contributed by atoms with Gasteiger partial charge in [0.05, 0.1) is 18.6 Å². The van der Waals surface area contributed by atoms with Crippen molar-refractivity contribution in [2.45, 2.75) is 56.8 Å². The molecule has 2 aliphatic rings. The number of hydrogen-bond acceptors (Lipinski definition) is 2. The lowest BCUT2D eigenvalue weighted by molar-refractivity contribution is -0.132. The summed E-state index contributed by atoms with van der Waals surface area (Å²) in [6.45, 7) is 0. The molecule has 0 spiro atoms. The molecule has 3 aromatic carbocycles. The Kier molecular flexibility index (Phi) is 6.98. The Hall–Kier alpha value is -2.69. The molecule has 0 bridgehead atoms. The number of carbonyl (C=O) groups excluding carboxylic acids is 1. The molecule has 1 amide bonds. The minimum absolute atomic E-state index is 0.0254. The highest BCUT2D eigenvalue weighted by atomic mass is 35.5. The molecule has 5 heteroatoms. The second-order valence-corrected chi connectivity index (χ2v) is 9.87. The van der Waals surface area contributed by atoms with Crippen molar-refractivity contribution in [2.75, 3.05) is 0 Å². The van der Waals surface area contributed by atoms with E-state index in [-0.39, 0.29) is 30.0 Å². The first-order valence-electron chi connectivity index (χ1n) is 12.1. The molecule has 1 saturated heterocycles. The summed E-state index contributed by atoms with van der Waals surface area (Å²) in [6.07, 6.45) is 5.44. The molecular weight excluding hydrogens is 449 g/mol. The molecule has 1 aliphatic carbocycles. The first kappa shape index (κ1) is 23.1. The Balaban J connectivity index is 1.35. The van der Waals surface area contributed by atoms with Crippen LogP contribution in [0.1, 0.15) is 49.3 Å². The standard InChI is InChI=1S/C29H29ClFNO2/c30-22-14-12-19(13-15-22)16-29(33)32-26-18-28(34-27-11-4-2-9-24(26)27)21-7-5-6-20(17-21)23-8-1-3-10-25(23)31/h1,3,5-8,10,12-15,17,24,26-28H,2,4,9,11,16,18H2,(H,32,33)/t24-,26+,27+,28+/m1/s1. The largest absolute Gasteiger partial charge is 0.370 e. The number of ether oxygens (including phenoxy) is 1. The number of amides is 1. The molecule has 3 nitrogen and oxygen atoms in total. The van der Waals surface area contributed by atoms with Gasteiger partial charge in [-0.05, 0) is 60.2 Å². The zero-order valence-corrected chi connectivity index (χ0v) is 19.8. The van der Waals surface area contributed by atoms with Crippen LogP contribution in [0.3, 0.4) is 0 Å². The van der Waals surface area contributed by atoms with Gasteiger partial charge >= 0.3 is 0 Å². The van der Waals surface area contributed by atoms with E-state index in [0.717, 1.165) is 36.0 Å². The summed E-state index contributed by atoms with van der Waals surface area (Å²) >= 11 is 5.98. The van der Waals surface area contributed by atoms with Gasteiger partial charge in [0, 0.05) is 22.5 Å². The highest BCUT2D eigenvalue weighted by molar-refractivity contribution is 6.30. The van der Waals surface area contributed by atoms with Crippen LogP contribution in [0, 0.1) is 11.7 Å². The smallest absolute Gasteiger partial charge is 0.224 e. The monoisotopic (exact) mass is 477 g/mol. The summed E-state index contributed by atoms with van der Waals surface area (Å²) in [7, 11) is 0. The zero-order chi connectivity index (χ0) is 23.5. The molecule has 0 unspecified atom stereocenters. The minimum atomic E-state index is -0.233. The van der Waals surface area contributed by atoms with E-state index in [1.165, 1.54) is 12.5 Å². The van der Waals surface area contributed by atoms with E-state index >= 15 is 0 Å². The second kappa shape index (κ2) is 10.3. The van der Waals surface area contributed by atoms with Gasteiger partial charge in [-0.2, -0.15) is 0 Å². The fraction of sp³-hybridized carbons (Fsp3) is 0.345. The molecule has 1 heterocycles. The Bertz CT molecular complexity index is 1150. The normalized spacial score (nSPS) is 24.3. The molecule has 5 rings (SSSR count). The van der Waals surface area contributed by atoms with Gasteiger partial charge in [0.1, 0.15) is 5.82 Å². The first-order valence-corrected chi connectivity index (χ1v) is 12.5. The van der Waals surface area contributed by atoms with Crippen LogP contribution in [0.2, 0.25) is 5.02 Å². The van der Waals surface area contributed by atoms with E-state index in [4.69, 9.17) is 16.3 Å². The third-order valence-electron chi connectivity index (χ3n) is 7.15. The number of rotatable bonds is 5. The Labute approximate surface area is 205 Å². The number of nitrogens with one attached hydrogen (secondary N) is 1. The minimum Gasteiger partial charge on any atom is -0.370 e. The predicted octanol–water partition coefficient (Wildman–Crippen LogP) is 6.89. The molecule has 0 radical (unpaired) electrons. The summed E-state index contributed by atoms with van der Waals surface area (Å²) in [5, 5.41) is 3.99. The van der Waals surface area contributed by atoms with Crippen molar-refractivity contribution in [2.24, 2.45) is 5.92 Å². The SMILES string of the molecule is O=C(Cc1ccc(Cl)cc1)N[C@H]1C[C@@H](c2cccc(-c3ccccc3F)c2)O[C@H]2CCCC[C@H]12. The molecule has 176 valence electrons. The van der Waals surface area contributed by atoms with Gasteiger partial charge in [-0.3, -0.25) is 4.79 Å². The number of benzene rings is 3. The van der Waals surface area contributed by atoms with Crippen LogP contribution in [0.25, 0.3) is 11.1 Å². The summed E-state index contributed by atoms with van der Waals surface area (Å²) < 4.78 is 21.0. The maximum absolute atomic E-state index is 14.4. The van der Waals surface area contributed by atoms with E-state index in [1.54, 1.807) is 12.1 Å². The molecule has 2 fully saturated rings. The van der Waals surface area contributed by atoms with E-state index in [0.29, 0.717) is 29.3 Å². The van der Waals surface area contributed by atoms with Gasteiger partial charge in [0.2, 0.25) is 5.91 Å². The van der Waals surface area contributed by atoms with Crippen LogP contribution in [-0.4, -0.2) is 18.1 Å². The van der Waals surface area contributed by atoms with Gasteiger partial charge in [0.25, 0.3) is 0 Å². The average Bonchev–Trinajstić information content (AvgIpc) is 2.86. The van der Waals surface area contributed by atoms with Crippen molar-refractivity contribution in [3.05, 3.63) is 94.8 Å². The maximum Gasteiger partial charge on any atom is 0.224 e. The van der Waals surface area contributed by atoms with Crippen LogP contribution in [-0.2, 0) is 16.0 Å². The summed E-state index contributed by atoms with van der Waals surface area (Å²) in [5.41, 5.74) is 3.40. The Morgan fingerprint density at radius 1 is 1.00 bits per heavy atom. The van der Waals surface area contributed by atoms with E-state index in [1.807, 2.05) is 54.6 Å². The third-order valence-corrected chi connectivity index (χ3v) is 7.40. The van der Waals surface area contributed by atoms with Crippen molar-refractivity contribution in [3.8, 4) is 11.1 Å². The summed E-state index contributed by atoms with van der Waals surface area (Å²) in [4.78, 5) is 12.9. The van der Waals surface area contributed by atoms with Crippen molar-refractivity contribution >= 4 is 17.5 Å². The van der Waals surface area contributed by atoms with E-state index in [9.17, 15) is 9.18 Å². The van der Waals surface area contributed by atoms with Crippen molar-refractivity contribution in [3.63, 3.8) is 0 Å². The quantitative estimate of drug-likeness (QED) is 0.434. The summed E-state index contributed by atoms with van der Waals surface area (Å²) in [5.74, 6) is 0.121. The van der Waals surface area contributed by atoms with Crippen molar-refractivity contribution in [1.82, 2.24) is 5.32 Å². The second-order valence-electron chi connectivity index (χ2n) is 9.43. The molecule has 34 heavy (non-hydrogen) atoms. The van der Waals surface area contributed by atoms with Gasteiger partial charge in [-0.1, -0.05) is 73.0 Å². The average molecular weight is 478 g/mol. The third kappa shape index (κ3) is 5.18. The van der Waals surface area contributed by atoms with Crippen LogP contribution < -0.4 is 5.32 Å². The molecule has 4 atom stereocenters. The molecular formula is C29H29ClFNO2. The fourth-order valence-electron chi connectivity index (χ4n) is 5.45. The molecule has 1 saturated carbocycles. The van der Waals surface area contributed by atoms with Crippen LogP contribution in [0.4, 0.5) is 4.39 Å². The number of hydrogen-bond donors (Lipinski definition) is 1. The van der Waals surface area contributed by atoms with Gasteiger partial charge in [-0.15, -0.1) is 0 Å². The van der Waals surface area contributed by atoms with Crippen molar-refractivity contribution in [1.29, 1.82) is 0 Å². The molecule has 0 aromatic heterocycles. The zero-order valence-electron chi connectivity index (χ0n) is 19.1. The lowest BCUT2D eigenvalue weighted by atomic mass is 9.76. The van der Waals surface area contributed by atoms with Crippen molar-refractivity contribution < 1.29 is 13.9 Å². The fourth-order valence-corrected chi connectivity index (χ4v) is 5.58. The number of fused-ring (bicyclic) bond motifs is 1.